The van der Waals surface area contributed by atoms with Crippen LogP contribution in [0.2, 0.25) is 0 Å². The summed E-state index contributed by atoms with van der Waals surface area (Å²) in [5, 5.41) is 3.67. The maximum absolute atomic E-state index is 3.67. The van der Waals surface area contributed by atoms with Crippen molar-refractivity contribution >= 4 is 0 Å². The van der Waals surface area contributed by atoms with Gasteiger partial charge in [0.25, 0.3) is 0 Å². The van der Waals surface area contributed by atoms with Gasteiger partial charge in [-0.1, -0.05) is 48.5 Å². The molecule has 1 saturated heterocycles. The lowest BCUT2D eigenvalue weighted by atomic mass is 9.75. The fourth-order valence-corrected chi connectivity index (χ4v) is 3.42. The zero-order valence-electron chi connectivity index (χ0n) is 15.1. The Hall–Kier alpha value is -0.0800. The zero-order valence-corrected chi connectivity index (χ0v) is 15.1. The van der Waals surface area contributed by atoms with Crippen molar-refractivity contribution in [3.8, 4) is 0 Å². The van der Waals surface area contributed by atoms with Crippen LogP contribution in [0.5, 0.6) is 0 Å². The molecule has 120 valence electrons. The van der Waals surface area contributed by atoms with E-state index in [0.717, 1.165) is 12.5 Å². The standard InChI is InChI=1S/C18H38N2/c1-8-19-16(18(5,6)7)11-14-20-12-9-15(10-13-20)17(2,3)4/h15-16,19H,8-14H2,1-7H3. The van der Waals surface area contributed by atoms with Gasteiger partial charge in [0.2, 0.25) is 0 Å². The van der Waals surface area contributed by atoms with E-state index in [0.29, 0.717) is 16.9 Å². The molecule has 0 saturated carbocycles. The average molecular weight is 283 g/mol. The minimum absolute atomic E-state index is 0.361. The van der Waals surface area contributed by atoms with Crippen molar-refractivity contribution < 1.29 is 0 Å². The second-order valence-corrected chi connectivity index (χ2v) is 8.75. The van der Waals surface area contributed by atoms with E-state index >= 15 is 0 Å². The van der Waals surface area contributed by atoms with Crippen LogP contribution in [0, 0.1) is 16.7 Å². The molecule has 1 atom stereocenters. The molecule has 1 aliphatic heterocycles. The summed E-state index contributed by atoms with van der Waals surface area (Å²) in [6, 6.07) is 0.632. The van der Waals surface area contributed by atoms with Gasteiger partial charge in [-0.25, -0.2) is 0 Å². The molecule has 0 aromatic carbocycles. The zero-order chi connectivity index (χ0) is 15.4. The van der Waals surface area contributed by atoms with Gasteiger partial charge in [0, 0.05) is 6.04 Å². The van der Waals surface area contributed by atoms with E-state index < -0.39 is 0 Å². The minimum Gasteiger partial charge on any atom is -0.314 e. The van der Waals surface area contributed by atoms with Crippen molar-refractivity contribution in [3.63, 3.8) is 0 Å². The van der Waals surface area contributed by atoms with Crippen molar-refractivity contribution in [2.45, 2.75) is 73.8 Å². The maximum Gasteiger partial charge on any atom is 0.0128 e. The Labute approximate surface area is 127 Å². The first-order valence-corrected chi connectivity index (χ1v) is 8.60. The van der Waals surface area contributed by atoms with Crippen molar-refractivity contribution in [1.29, 1.82) is 0 Å². The van der Waals surface area contributed by atoms with Crippen molar-refractivity contribution in [1.82, 2.24) is 10.2 Å². The third-order valence-electron chi connectivity index (χ3n) is 5.04. The molecule has 2 heteroatoms. The highest BCUT2D eigenvalue weighted by Crippen LogP contribution is 2.34. The molecule has 0 aromatic rings. The van der Waals surface area contributed by atoms with Crippen molar-refractivity contribution in [3.05, 3.63) is 0 Å². The van der Waals surface area contributed by atoms with Gasteiger partial charge in [-0.3, -0.25) is 0 Å². The summed E-state index contributed by atoms with van der Waals surface area (Å²) < 4.78 is 0. The number of hydrogen-bond donors (Lipinski definition) is 1. The van der Waals surface area contributed by atoms with E-state index in [-0.39, 0.29) is 0 Å². The molecule has 0 spiro atoms. The number of rotatable bonds is 5. The molecule has 1 fully saturated rings. The van der Waals surface area contributed by atoms with E-state index in [1.54, 1.807) is 0 Å². The first kappa shape index (κ1) is 18.0. The largest absolute Gasteiger partial charge is 0.314 e. The van der Waals surface area contributed by atoms with Gasteiger partial charge < -0.3 is 10.2 Å². The van der Waals surface area contributed by atoms with E-state index in [4.69, 9.17) is 0 Å². The highest BCUT2D eigenvalue weighted by atomic mass is 15.1. The van der Waals surface area contributed by atoms with E-state index in [9.17, 15) is 0 Å². The monoisotopic (exact) mass is 282 g/mol. The molecular weight excluding hydrogens is 244 g/mol. The molecule has 0 radical (unpaired) electrons. The van der Waals surface area contributed by atoms with Crippen LogP contribution in [0.3, 0.4) is 0 Å². The number of hydrogen-bond acceptors (Lipinski definition) is 2. The van der Waals surface area contributed by atoms with Crippen LogP contribution in [0.1, 0.15) is 67.7 Å². The van der Waals surface area contributed by atoms with Crippen LogP contribution in [0.25, 0.3) is 0 Å². The number of piperidine rings is 1. The Bertz CT molecular complexity index is 264. The Morgan fingerprint density at radius 1 is 1.05 bits per heavy atom. The van der Waals surface area contributed by atoms with Crippen LogP contribution in [0.4, 0.5) is 0 Å². The lowest BCUT2D eigenvalue weighted by molar-refractivity contribution is 0.104. The predicted octanol–water partition coefficient (Wildman–Crippen LogP) is 4.16. The first-order valence-electron chi connectivity index (χ1n) is 8.60. The van der Waals surface area contributed by atoms with E-state index in [1.165, 1.54) is 38.9 Å². The smallest absolute Gasteiger partial charge is 0.0128 e. The second-order valence-electron chi connectivity index (χ2n) is 8.75. The highest BCUT2D eigenvalue weighted by molar-refractivity contribution is 4.84. The lowest BCUT2D eigenvalue weighted by Crippen LogP contribution is -2.44. The molecule has 1 heterocycles. The maximum atomic E-state index is 3.67. The molecule has 1 N–H and O–H groups in total. The van der Waals surface area contributed by atoms with Crippen LogP contribution in [0.15, 0.2) is 0 Å². The first-order chi connectivity index (χ1) is 9.14. The Morgan fingerprint density at radius 3 is 2.00 bits per heavy atom. The summed E-state index contributed by atoms with van der Waals surface area (Å²) in [5.74, 6) is 0.908. The molecule has 1 rings (SSSR count). The molecule has 20 heavy (non-hydrogen) atoms. The van der Waals surface area contributed by atoms with Gasteiger partial charge >= 0.3 is 0 Å². The SMILES string of the molecule is CCNC(CCN1CCC(C(C)(C)C)CC1)C(C)(C)C. The van der Waals surface area contributed by atoms with Crippen molar-refractivity contribution in [2.24, 2.45) is 16.7 Å². The molecule has 0 bridgehead atoms. The average Bonchev–Trinajstić information content (AvgIpc) is 2.32. The summed E-state index contributed by atoms with van der Waals surface area (Å²) in [5.41, 5.74) is 0.851. The third-order valence-corrected chi connectivity index (χ3v) is 5.04. The normalized spacial score (nSPS) is 21.1. The predicted molar refractivity (Wildman–Crippen MR) is 90.2 cm³/mol. The Kier molecular flexibility index (Phi) is 6.53. The summed E-state index contributed by atoms with van der Waals surface area (Å²) in [6.45, 7) is 21.4. The van der Waals surface area contributed by atoms with Gasteiger partial charge in [0.05, 0.1) is 0 Å². The Morgan fingerprint density at radius 2 is 1.60 bits per heavy atom. The fraction of sp³-hybridized carbons (Fsp3) is 1.00. The number of likely N-dealkylation sites (tertiary alicyclic amines) is 1. The summed E-state index contributed by atoms with van der Waals surface area (Å²) >= 11 is 0. The van der Waals surface area contributed by atoms with Gasteiger partial charge in [-0.15, -0.1) is 0 Å². The van der Waals surface area contributed by atoms with E-state index in [1.807, 2.05) is 0 Å². The summed E-state index contributed by atoms with van der Waals surface area (Å²) in [6.07, 6.45) is 4.04. The van der Waals surface area contributed by atoms with Gasteiger partial charge in [0.1, 0.15) is 0 Å². The van der Waals surface area contributed by atoms with Crippen molar-refractivity contribution in [2.75, 3.05) is 26.2 Å². The molecule has 0 aliphatic carbocycles. The van der Waals surface area contributed by atoms with Gasteiger partial charge in [0.15, 0.2) is 0 Å². The lowest BCUT2D eigenvalue weighted by Gasteiger charge is -2.40. The number of nitrogens with zero attached hydrogens (tertiary/aromatic N) is 1. The minimum atomic E-state index is 0.361. The molecule has 2 nitrogen and oxygen atoms in total. The number of nitrogens with one attached hydrogen (secondary N) is 1. The molecule has 0 aromatic heterocycles. The molecular formula is C18H38N2. The fourth-order valence-electron chi connectivity index (χ4n) is 3.42. The van der Waals surface area contributed by atoms with E-state index in [2.05, 4.69) is 58.7 Å². The van der Waals surface area contributed by atoms with Crippen LogP contribution in [-0.4, -0.2) is 37.1 Å². The van der Waals surface area contributed by atoms with Gasteiger partial charge in [-0.2, -0.15) is 0 Å². The van der Waals surface area contributed by atoms with Crippen LogP contribution in [-0.2, 0) is 0 Å². The summed E-state index contributed by atoms with van der Waals surface area (Å²) in [4.78, 5) is 2.68. The topological polar surface area (TPSA) is 15.3 Å². The highest BCUT2D eigenvalue weighted by Gasteiger charge is 2.29. The molecule has 0 amide bonds. The van der Waals surface area contributed by atoms with Gasteiger partial charge in [-0.05, 0) is 62.2 Å². The Balaban J connectivity index is 2.36. The second kappa shape index (κ2) is 7.26. The van der Waals surface area contributed by atoms with Crippen LogP contribution < -0.4 is 5.32 Å². The molecule has 1 unspecified atom stereocenters. The third kappa shape index (κ3) is 5.73. The van der Waals surface area contributed by atoms with Crippen LogP contribution >= 0.6 is 0 Å². The quantitative estimate of drug-likeness (QED) is 0.814. The molecule has 1 aliphatic rings. The summed E-state index contributed by atoms with van der Waals surface area (Å²) in [7, 11) is 0.